The molecule has 0 aromatic heterocycles. The SMILES string of the molecule is O=C(CC(=O)C1(C(F)(F)F)CCCCC1)C(CC(F)(F)F)CC(F)(F)F. The van der Waals surface area contributed by atoms with E-state index in [2.05, 4.69) is 0 Å². The standard InChI is InChI=1S/C15H17F9O2/c16-13(17,18)7-9(8-14(19,20)21)10(25)6-11(26)12(15(22,23)24)4-2-1-3-5-12/h9H,1-8H2. The van der Waals surface area contributed by atoms with Crippen molar-refractivity contribution in [1.82, 2.24) is 0 Å². The van der Waals surface area contributed by atoms with Crippen molar-refractivity contribution in [3.63, 3.8) is 0 Å². The van der Waals surface area contributed by atoms with Crippen LogP contribution in [0.5, 0.6) is 0 Å². The van der Waals surface area contributed by atoms with Crippen molar-refractivity contribution in [2.45, 2.75) is 69.9 Å². The van der Waals surface area contributed by atoms with E-state index in [0.29, 0.717) is 6.42 Å². The molecular formula is C15H17F9O2. The predicted octanol–water partition coefficient (Wildman–Crippen LogP) is 5.55. The lowest BCUT2D eigenvalue weighted by atomic mass is 9.69. The van der Waals surface area contributed by atoms with Gasteiger partial charge in [0.05, 0.1) is 19.3 Å². The molecule has 0 aromatic rings. The Balaban J connectivity index is 3.00. The minimum atomic E-state index is -5.12. The maximum atomic E-state index is 13.3. The van der Waals surface area contributed by atoms with Crippen molar-refractivity contribution in [3.8, 4) is 0 Å². The van der Waals surface area contributed by atoms with E-state index < -0.39 is 73.5 Å². The first-order chi connectivity index (χ1) is 11.6. The van der Waals surface area contributed by atoms with Gasteiger partial charge in [-0.3, -0.25) is 9.59 Å². The van der Waals surface area contributed by atoms with Crippen molar-refractivity contribution in [2.24, 2.45) is 11.3 Å². The second kappa shape index (κ2) is 7.75. The molecule has 152 valence electrons. The highest BCUT2D eigenvalue weighted by atomic mass is 19.4. The van der Waals surface area contributed by atoms with Gasteiger partial charge in [-0.05, 0) is 12.8 Å². The largest absolute Gasteiger partial charge is 0.401 e. The fourth-order valence-corrected chi connectivity index (χ4v) is 3.21. The minimum Gasteiger partial charge on any atom is -0.299 e. The Hall–Kier alpha value is -1.29. The smallest absolute Gasteiger partial charge is 0.299 e. The average Bonchev–Trinajstić information content (AvgIpc) is 2.43. The van der Waals surface area contributed by atoms with Gasteiger partial charge in [-0.2, -0.15) is 39.5 Å². The molecule has 11 heteroatoms. The molecule has 0 N–H and O–H groups in total. The van der Waals surface area contributed by atoms with Crippen LogP contribution >= 0.6 is 0 Å². The molecule has 1 fully saturated rings. The summed E-state index contributed by atoms with van der Waals surface area (Å²) in [6.45, 7) is 0. The van der Waals surface area contributed by atoms with Crippen molar-refractivity contribution in [1.29, 1.82) is 0 Å². The van der Waals surface area contributed by atoms with Gasteiger partial charge in [-0.1, -0.05) is 19.3 Å². The molecule has 1 saturated carbocycles. The van der Waals surface area contributed by atoms with Crippen molar-refractivity contribution in [3.05, 3.63) is 0 Å². The number of halogens is 9. The number of hydrogen-bond acceptors (Lipinski definition) is 2. The molecule has 1 rings (SSSR count). The highest BCUT2D eigenvalue weighted by molar-refractivity contribution is 6.03. The van der Waals surface area contributed by atoms with Gasteiger partial charge in [0.15, 0.2) is 5.78 Å². The number of hydrogen-bond donors (Lipinski definition) is 0. The van der Waals surface area contributed by atoms with Gasteiger partial charge >= 0.3 is 18.5 Å². The third-order valence-corrected chi connectivity index (χ3v) is 4.53. The molecule has 0 atom stereocenters. The van der Waals surface area contributed by atoms with E-state index >= 15 is 0 Å². The molecule has 2 nitrogen and oxygen atoms in total. The molecule has 1 aliphatic rings. The van der Waals surface area contributed by atoms with Gasteiger partial charge in [0.2, 0.25) is 0 Å². The first-order valence-electron chi connectivity index (χ1n) is 7.84. The normalized spacial score (nSPS) is 18.8. The van der Waals surface area contributed by atoms with Gasteiger partial charge in [-0.25, -0.2) is 0 Å². The molecule has 0 radical (unpaired) electrons. The number of Topliss-reactive ketones (excluding diaryl/α,β-unsaturated/α-hetero) is 2. The Morgan fingerprint density at radius 1 is 0.769 bits per heavy atom. The zero-order chi connectivity index (χ0) is 20.4. The van der Waals surface area contributed by atoms with Crippen LogP contribution in [0.3, 0.4) is 0 Å². The summed E-state index contributed by atoms with van der Waals surface area (Å²) < 4.78 is 115. The van der Waals surface area contributed by atoms with Crippen molar-refractivity contribution in [2.75, 3.05) is 0 Å². The Kier molecular flexibility index (Phi) is 6.79. The molecule has 0 heterocycles. The summed E-state index contributed by atoms with van der Waals surface area (Å²) in [6, 6.07) is 0. The second-order valence-electron chi connectivity index (χ2n) is 6.54. The molecule has 0 amide bonds. The number of alkyl halides is 9. The quantitative estimate of drug-likeness (QED) is 0.433. The van der Waals surface area contributed by atoms with Gasteiger partial charge in [0, 0.05) is 5.92 Å². The lowest BCUT2D eigenvalue weighted by molar-refractivity contribution is -0.229. The highest BCUT2D eigenvalue weighted by Crippen LogP contribution is 2.50. The third-order valence-electron chi connectivity index (χ3n) is 4.53. The lowest BCUT2D eigenvalue weighted by Gasteiger charge is -2.37. The van der Waals surface area contributed by atoms with Crippen LogP contribution in [0.4, 0.5) is 39.5 Å². The van der Waals surface area contributed by atoms with Crippen molar-refractivity contribution < 1.29 is 49.1 Å². The molecule has 0 bridgehead atoms. The predicted molar refractivity (Wildman–Crippen MR) is 71.0 cm³/mol. The van der Waals surface area contributed by atoms with Crippen LogP contribution < -0.4 is 0 Å². The van der Waals surface area contributed by atoms with E-state index in [1.54, 1.807) is 0 Å². The van der Waals surface area contributed by atoms with Crippen LogP contribution in [0.25, 0.3) is 0 Å². The summed E-state index contributed by atoms with van der Waals surface area (Å²) in [5, 5.41) is 0. The van der Waals surface area contributed by atoms with E-state index in [-0.39, 0.29) is 12.8 Å². The summed E-state index contributed by atoms with van der Waals surface area (Å²) in [5.74, 6) is -6.05. The topological polar surface area (TPSA) is 34.1 Å². The van der Waals surface area contributed by atoms with E-state index in [1.807, 2.05) is 0 Å². The maximum absolute atomic E-state index is 13.3. The Morgan fingerprint density at radius 3 is 1.54 bits per heavy atom. The summed E-state index contributed by atoms with van der Waals surface area (Å²) in [6.07, 6.45) is -21.9. The Morgan fingerprint density at radius 2 is 1.19 bits per heavy atom. The molecule has 0 unspecified atom stereocenters. The molecule has 0 aliphatic heterocycles. The first kappa shape index (κ1) is 22.8. The zero-order valence-corrected chi connectivity index (χ0v) is 13.5. The van der Waals surface area contributed by atoms with E-state index in [9.17, 15) is 49.1 Å². The van der Waals surface area contributed by atoms with Gasteiger partial charge in [0.1, 0.15) is 11.2 Å². The monoisotopic (exact) mass is 400 g/mol. The molecule has 1 aliphatic carbocycles. The summed E-state index contributed by atoms with van der Waals surface area (Å²) in [4.78, 5) is 23.9. The van der Waals surface area contributed by atoms with E-state index in [0.717, 1.165) is 0 Å². The molecule has 0 aromatic carbocycles. The van der Waals surface area contributed by atoms with Crippen LogP contribution in [0.1, 0.15) is 51.4 Å². The minimum absolute atomic E-state index is 0.0357. The number of ketones is 2. The van der Waals surface area contributed by atoms with Crippen LogP contribution in [0.15, 0.2) is 0 Å². The van der Waals surface area contributed by atoms with Crippen LogP contribution in [0.2, 0.25) is 0 Å². The Labute approximate surface area is 143 Å². The molecular weight excluding hydrogens is 383 g/mol. The van der Waals surface area contributed by atoms with Gasteiger partial charge in [0.25, 0.3) is 0 Å². The third kappa shape index (κ3) is 6.15. The van der Waals surface area contributed by atoms with Crippen molar-refractivity contribution >= 4 is 11.6 Å². The van der Waals surface area contributed by atoms with Crippen LogP contribution in [-0.2, 0) is 9.59 Å². The summed E-state index contributed by atoms with van der Waals surface area (Å²) in [5.41, 5.74) is -2.87. The summed E-state index contributed by atoms with van der Waals surface area (Å²) in [7, 11) is 0. The lowest BCUT2D eigenvalue weighted by Crippen LogP contribution is -2.47. The maximum Gasteiger partial charge on any atom is 0.401 e. The first-order valence-corrected chi connectivity index (χ1v) is 7.84. The molecule has 0 spiro atoms. The molecule has 0 saturated heterocycles. The van der Waals surface area contributed by atoms with Gasteiger partial charge < -0.3 is 0 Å². The number of rotatable bonds is 6. The number of carbonyl (C=O) groups excluding carboxylic acids is 2. The Bertz CT molecular complexity index is 495. The fourth-order valence-electron chi connectivity index (χ4n) is 3.21. The zero-order valence-electron chi connectivity index (χ0n) is 13.5. The average molecular weight is 400 g/mol. The number of carbonyl (C=O) groups is 2. The fraction of sp³-hybridized carbons (Fsp3) is 0.867. The summed E-state index contributed by atoms with van der Waals surface area (Å²) >= 11 is 0. The van der Waals surface area contributed by atoms with Crippen LogP contribution in [-0.4, -0.2) is 30.1 Å². The highest BCUT2D eigenvalue weighted by Gasteiger charge is 2.59. The van der Waals surface area contributed by atoms with E-state index in [1.165, 1.54) is 0 Å². The second-order valence-corrected chi connectivity index (χ2v) is 6.54. The van der Waals surface area contributed by atoms with E-state index in [4.69, 9.17) is 0 Å². The molecule has 26 heavy (non-hydrogen) atoms. The van der Waals surface area contributed by atoms with Crippen LogP contribution in [0, 0.1) is 11.3 Å². The van der Waals surface area contributed by atoms with Gasteiger partial charge in [-0.15, -0.1) is 0 Å².